The van der Waals surface area contributed by atoms with Gasteiger partial charge >= 0.3 is 20.4 Å². The fourth-order valence-electron chi connectivity index (χ4n) is 1.28. The molecule has 0 amide bonds. The lowest BCUT2D eigenvalue weighted by Gasteiger charge is -2.44. The quantitative estimate of drug-likeness (QED) is 0.329. The molecule has 1 aromatic carbocycles. The Hall–Kier alpha value is -2.33. The molecule has 1 rings (SSSR count). The molecule has 0 fully saturated rings. The largest absolute Gasteiger partial charge is 0.310 e. The Balaban J connectivity index is 3.78. The number of hydrogen-bond donors (Lipinski definition) is 1. The molecule has 25 heavy (non-hydrogen) atoms. The van der Waals surface area contributed by atoms with Crippen LogP contribution in [0, 0.1) is 22.7 Å². The fourth-order valence-corrected chi connectivity index (χ4v) is 2.75. The Morgan fingerprint density at radius 3 is 1.40 bits per heavy atom. The Bertz CT molecular complexity index is 791. The van der Waals surface area contributed by atoms with Gasteiger partial charge in [0.05, 0.1) is 5.69 Å². The standard InChI is InChI=1S/C9H4F10N4S2/c10-24(11,12,13,14)8-1-6(22-23-7(4-20)5-21)2-9(3-8)25(15,16,17,18)19/h1-3,22H. The number of nitrogens with zero attached hydrogens (tertiary/aromatic N) is 3. The molecule has 0 atom stereocenters. The highest BCUT2D eigenvalue weighted by atomic mass is 32.5. The molecule has 0 unspecified atom stereocenters. The first-order chi connectivity index (χ1) is 10.6. The molecule has 0 radical (unpaired) electrons. The van der Waals surface area contributed by atoms with Crippen LogP contribution in [0.3, 0.4) is 0 Å². The molecule has 0 bridgehead atoms. The zero-order chi connectivity index (χ0) is 20.1. The summed E-state index contributed by atoms with van der Waals surface area (Å²) in [6.45, 7) is 0. The minimum atomic E-state index is -10.8. The van der Waals surface area contributed by atoms with Gasteiger partial charge in [0.1, 0.15) is 21.9 Å². The minimum absolute atomic E-state index is 0.607. The molecular formula is C9H4F10N4S2. The lowest BCUT2D eigenvalue weighted by Crippen LogP contribution is -2.12. The zero-order valence-corrected chi connectivity index (χ0v) is 12.8. The third-order valence-electron chi connectivity index (χ3n) is 2.28. The van der Waals surface area contributed by atoms with Gasteiger partial charge in [0.25, 0.3) is 0 Å². The second kappa shape index (κ2) is 4.25. The maximum absolute atomic E-state index is 12.7. The van der Waals surface area contributed by atoms with E-state index in [1.54, 1.807) is 0 Å². The summed E-state index contributed by atoms with van der Waals surface area (Å²) in [6, 6.07) is -0.539. The predicted octanol–water partition coefficient (Wildman–Crippen LogP) is 6.82. The summed E-state index contributed by atoms with van der Waals surface area (Å²) in [7, 11) is -21.5. The average Bonchev–Trinajstić information content (AvgIpc) is 2.34. The zero-order valence-electron chi connectivity index (χ0n) is 11.2. The molecule has 16 heteroatoms. The van der Waals surface area contributed by atoms with Crippen molar-refractivity contribution in [2.24, 2.45) is 5.10 Å². The molecule has 0 aromatic heterocycles. The number of hydrazone groups is 1. The molecule has 1 N–H and O–H groups in total. The lowest BCUT2D eigenvalue weighted by atomic mass is 10.3. The molecule has 0 aliphatic carbocycles. The van der Waals surface area contributed by atoms with E-state index in [9.17, 15) is 38.9 Å². The van der Waals surface area contributed by atoms with Crippen LogP contribution in [0.25, 0.3) is 0 Å². The van der Waals surface area contributed by atoms with Gasteiger partial charge in [-0.25, -0.2) is 0 Å². The van der Waals surface area contributed by atoms with Crippen LogP contribution in [0.2, 0.25) is 0 Å². The van der Waals surface area contributed by atoms with E-state index in [4.69, 9.17) is 10.5 Å². The molecule has 0 saturated heterocycles. The van der Waals surface area contributed by atoms with E-state index in [1.807, 2.05) is 0 Å². The molecular weight excluding hydrogens is 418 g/mol. The molecule has 1 aromatic rings. The first-order valence-corrected chi connectivity index (χ1v) is 9.23. The number of rotatable bonds is 4. The predicted molar refractivity (Wildman–Crippen MR) is 71.5 cm³/mol. The van der Waals surface area contributed by atoms with Crippen molar-refractivity contribution < 1.29 is 38.9 Å². The van der Waals surface area contributed by atoms with Crippen molar-refractivity contribution in [2.45, 2.75) is 9.79 Å². The molecule has 0 spiro atoms. The topological polar surface area (TPSA) is 72.0 Å². The number of nitriles is 2. The third kappa shape index (κ3) is 5.61. The highest BCUT2D eigenvalue weighted by Gasteiger charge is 2.69. The molecule has 0 saturated carbocycles. The van der Waals surface area contributed by atoms with E-state index in [1.165, 1.54) is 5.43 Å². The van der Waals surface area contributed by atoms with Crippen LogP contribution in [-0.2, 0) is 0 Å². The van der Waals surface area contributed by atoms with Crippen molar-refractivity contribution in [3.8, 4) is 12.1 Å². The smallest absolute Gasteiger partial charge is 0.276 e. The monoisotopic (exact) mass is 422 g/mol. The van der Waals surface area contributed by atoms with E-state index in [2.05, 4.69) is 5.10 Å². The Labute approximate surface area is 132 Å². The molecule has 0 aliphatic heterocycles. The van der Waals surface area contributed by atoms with Gasteiger partial charge in [-0.15, -0.1) is 0 Å². The SMILES string of the molecule is N#CC(C#N)=NNc1cc(S(F)(F)(F)(F)F)cc(S(F)(F)(F)(F)F)c1. The van der Waals surface area contributed by atoms with Gasteiger partial charge < -0.3 is 0 Å². The van der Waals surface area contributed by atoms with Gasteiger partial charge in [-0.05, 0) is 18.2 Å². The highest BCUT2D eigenvalue weighted by Crippen LogP contribution is 3.05. The first-order valence-electron chi connectivity index (χ1n) is 5.33. The van der Waals surface area contributed by atoms with Crippen LogP contribution in [0.4, 0.5) is 44.5 Å². The van der Waals surface area contributed by atoms with Gasteiger partial charge in [0, 0.05) is 0 Å². The first kappa shape index (κ1) is 20.7. The summed E-state index contributed by atoms with van der Waals surface area (Å²) in [4.78, 5) is -6.50. The Kier molecular flexibility index (Phi) is 3.52. The van der Waals surface area contributed by atoms with Crippen molar-refractivity contribution in [3.05, 3.63) is 18.2 Å². The maximum atomic E-state index is 12.7. The number of anilines is 1. The minimum Gasteiger partial charge on any atom is -0.276 e. The third-order valence-corrected chi connectivity index (χ3v) is 4.53. The fraction of sp³-hybridized carbons (Fsp3) is 0. The summed E-state index contributed by atoms with van der Waals surface area (Å²) in [6.07, 6.45) is 0. The van der Waals surface area contributed by atoms with Crippen molar-refractivity contribution in [3.63, 3.8) is 0 Å². The van der Waals surface area contributed by atoms with Gasteiger partial charge in [0.2, 0.25) is 5.71 Å². The molecule has 0 aliphatic rings. The second-order valence-corrected chi connectivity index (χ2v) is 9.25. The van der Waals surface area contributed by atoms with Gasteiger partial charge in [-0.3, -0.25) is 5.43 Å². The van der Waals surface area contributed by atoms with Crippen molar-refractivity contribution in [1.29, 1.82) is 10.5 Å². The van der Waals surface area contributed by atoms with Crippen molar-refractivity contribution >= 4 is 31.8 Å². The van der Waals surface area contributed by atoms with Crippen LogP contribution < -0.4 is 5.43 Å². The van der Waals surface area contributed by atoms with Crippen LogP contribution in [-0.4, -0.2) is 5.71 Å². The Morgan fingerprint density at radius 2 is 1.12 bits per heavy atom. The van der Waals surface area contributed by atoms with E-state index >= 15 is 0 Å². The lowest BCUT2D eigenvalue weighted by molar-refractivity contribution is 0.360. The Morgan fingerprint density at radius 1 is 0.760 bits per heavy atom. The average molecular weight is 422 g/mol. The van der Waals surface area contributed by atoms with E-state index in [0.717, 1.165) is 12.1 Å². The summed E-state index contributed by atoms with van der Waals surface area (Å²) < 4.78 is 127. The van der Waals surface area contributed by atoms with Gasteiger partial charge in [0.15, 0.2) is 0 Å². The molecule has 142 valence electrons. The molecule has 0 heterocycles. The maximum Gasteiger partial charge on any atom is 0.310 e. The summed E-state index contributed by atoms with van der Waals surface area (Å²) in [5.74, 6) is 0. The number of benzene rings is 1. The summed E-state index contributed by atoms with van der Waals surface area (Å²) >= 11 is 0. The van der Waals surface area contributed by atoms with Crippen LogP contribution in [0.5, 0.6) is 0 Å². The van der Waals surface area contributed by atoms with Crippen LogP contribution >= 0.6 is 20.4 Å². The normalized spacial score (nSPS) is 17.6. The second-order valence-electron chi connectivity index (χ2n) is 4.43. The number of hydrogen-bond acceptors (Lipinski definition) is 4. The van der Waals surface area contributed by atoms with Gasteiger partial charge in [-0.1, -0.05) is 38.9 Å². The molecule has 4 nitrogen and oxygen atoms in total. The summed E-state index contributed by atoms with van der Waals surface area (Å²) in [5, 5.41) is 19.3. The highest BCUT2D eigenvalue weighted by molar-refractivity contribution is 8.46. The van der Waals surface area contributed by atoms with Crippen molar-refractivity contribution in [1.82, 2.24) is 0 Å². The van der Waals surface area contributed by atoms with Crippen LogP contribution in [0.1, 0.15) is 0 Å². The summed E-state index contributed by atoms with van der Waals surface area (Å²) in [5.41, 5.74) is -1.45. The van der Waals surface area contributed by atoms with Crippen LogP contribution in [0.15, 0.2) is 33.1 Å². The van der Waals surface area contributed by atoms with E-state index in [0.29, 0.717) is 0 Å². The number of nitrogens with one attached hydrogen (secondary N) is 1. The van der Waals surface area contributed by atoms with Crippen molar-refractivity contribution in [2.75, 3.05) is 5.43 Å². The van der Waals surface area contributed by atoms with E-state index < -0.39 is 59.8 Å². The van der Waals surface area contributed by atoms with Gasteiger partial charge in [-0.2, -0.15) is 15.6 Å². The van der Waals surface area contributed by atoms with E-state index in [-0.39, 0.29) is 0 Å². The number of halogens is 10.